The minimum atomic E-state index is -1.94. The Balaban J connectivity index is 3.24. The molecule has 0 fully saturated rings. The molecule has 0 heterocycles. The molecule has 0 saturated heterocycles. The SMILES string of the molecule is O=C(O)C(O)c1ccc(Cl)c(Cl)c1F. The molecule has 0 aliphatic heterocycles. The van der Waals surface area contributed by atoms with Gasteiger partial charge in [0.25, 0.3) is 0 Å². The van der Waals surface area contributed by atoms with E-state index >= 15 is 0 Å². The number of carboxylic acids is 1. The average molecular weight is 239 g/mol. The largest absolute Gasteiger partial charge is 0.479 e. The first-order valence-corrected chi connectivity index (χ1v) is 4.25. The van der Waals surface area contributed by atoms with Gasteiger partial charge in [-0.3, -0.25) is 0 Å². The molecule has 0 amide bonds. The molecule has 76 valence electrons. The van der Waals surface area contributed by atoms with E-state index in [0.29, 0.717) is 0 Å². The van der Waals surface area contributed by atoms with Crippen LogP contribution in [0.15, 0.2) is 12.1 Å². The molecule has 14 heavy (non-hydrogen) atoms. The van der Waals surface area contributed by atoms with Gasteiger partial charge >= 0.3 is 5.97 Å². The number of hydrogen-bond acceptors (Lipinski definition) is 2. The maximum Gasteiger partial charge on any atom is 0.337 e. The summed E-state index contributed by atoms with van der Waals surface area (Å²) in [5, 5.41) is 17.0. The first-order chi connectivity index (χ1) is 6.45. The van der Waals surface area contributed by atoms with Crippen LogP contribution in [0.1, 0.15) is 11.7 Å². The van der Waals surface area contributed by atoms with Crippen LogP contribution in [0.25, 0.3) is 0 Å². The third kappa shape index (κ3) is 1.97. The van der Waals surface area contributed by atoms with E-state index in [0.717, 1.165) is 6.07 Å². The summed E-state index contributed by atoms with van der Waals surface area (Å²) in [5.41, 5.74) is -0.410. The molecule has 1 aromatic carbocycles. The van der Waals surface area contributed by atoms with E-state index in [-0.39, 0.29) is 5.02 Å². The Morgan fingerprint density at radius 2 is 2.00 bits per heavy atom. The Labute approximate surface area is 88.7 Å². The maximum atomic E-state index is 13.2. The van der Waals surface area contributed by atoms with Crippen LogP contribution < -0.4 is 0 Å². The molecule has 1 unspecified atom stereocenters. The Morgan fingerprint density at radius 3 is 2.50 bits per heavy atom. The third-order valence-corrected chi connectivity index (χ3v) is 2.37. The summed E-state index contributed by atoms with van der Waals surface area (Å²) in [4.78, 5) is 10.4. The van der Waals surface area contributed by atoms with Crippen molar-refractivity contribution >= 4 is 29.2 Å². The fourth-order valence-corrected chi connectivity index (χ4v) is 1.20. The van der Waals surface area contributed by atoms with E-state index in [2.05, 4.69) is 0 Å². The van der Waals surface area contributed by atoms with Gasteiger partial charge in [0.1, 0.15) is 5.82 Å². The second kappa shape index (κ2) is 4.13. The fourth-order valence-electron chi connectivity index (χ4n) is 0.885. The summed E-state index contributed by atoms with van der Waals surface area (Å²) in [7, 11) is 0. The van der Waals surface area contributed by atoms with Crippen molar-refractivity contribution in [3.05, 3.63) is 33.6 Å². The molecule has 0 spiro atoms. The highest BCUT2D eigenvalue weighted by Gasteiger charge is 2.22. The molecule has 2 N–H and O–H groups in total. The molecule has 0 bridgehead atoms. The minimum Gasteiger partial charge on any atom is -0.479 e. The summed E-state index contributed by atoms with van der Waals surface area (Å²) >= 11 is 10.9. The van der Waals surface area contributed by atoms with Crippen LogP contribution >= 0.6 is 23.2 Å². The van der Waals surface area contributed by atoms with E-state index in [4.69, 9.17) is 33.4 Å². The first kappa shape index (κ1) is 11.2. The zero-order valence-corrected chi connectivity index (χ0v) is 8.18. The van der Waals surface area contributed by atoms with Crippen LogP contribution in [0.4, 0.5) is 4.39 Å². The number of hydrogen-bond donors (Lipinski definition) is 2. The Morgan fingerprint density at radius 1 is 1.43 bits per heavy atom. The normalized spacial score (nSPS) is 12.6. The lowest BCUT2D eigenvalue weighted by Crippen LogP contribution is -2.12. The van der Waals surface area contributed by atoms with Crippen LogP contribution in [0, 0.1) is 5.82 Å². The van der Waals surface area contributed by atoms with Crippen molar-refractivity contribution in [2.45, 2.75) is 6.10 Å². The van der Waals surface area contributed by atoms with Crippen LogP contribution in [-0.2, 0) is 4.79 Å². The van der Waals surface area contributed by atoms with Crippen molar-refractivity contribution in [2.75, 3.05) is 0 Å². The maximum absolute atomic E-state index is 13.2. The number of rotatable bonds is 2. The molecule has 0 aliphatic rings. The summed E-state index contributed by atoms with van der Waals surface area (Å²) in [6, 6.07) is 2.29. The van der Waals surface area contributed by atoms with Crippen LogP contribution in [0.5, 0.6) is 0 Å². The minimum absolute atomic E-state index is 0.0366. The molecule has 0 aromatic heterocycles. The van der Waals surface area contributed by atoms with E-state index in [1.807, 2.05) is 0 Å². The molecule has 1 aromatic rings. The quantitative estimate of drug-likeness (QED) is 0.778. The van der Waals surface area contributed by atoms with Crippen LogP contribution in [-0.4, -0.2) is 16.2 Å². The van der Waals surface area contributed by atoms with Gasteiger partial charge in [-0.25, -0.2) is 9.18 Å². The van der Waals surface area contributed by atoms with Crippen molar-refractivity contribution in [1.29, 1.82) is 0 Å². The van der Waals surface area contributed by atoms with Gasteiger partial charge in [-0.05, 0) is 6.07 Å². The van der Waals surface area contributed by atoms with Crippen molar-refractivity contribution in [3.63, 3.8) is 0 Å². The molecule has 1 atom stereocenters. The van der Waals surface area contributed by atoms with Crippen molar-refractivity contribution in [2.24, 2.45) is 0 Å². The predicted octanol–water partition coefficient (Wildman–Crippen LogP) is 2.25. The lowest BCUT2D eigenvalue weighted by atomic mass is 10.1. The second-order valence-electron chi connectivity index (χ2n) is 2.51. The lowest BCUT2D eigenvalue weighted by molar-refractivity contribution is -0.147. The van der Waals surface area contributed by atoms with Crippen molar-refractivity contribution < 1.29 is 19.4 Å². The fraction of sp³-hybridized carbons (Fsp3) is 0.125. The number of benzene rings is 1. The number of aliphatic carboxylic acids is 1. The van der Waals surface area contributed by atoms with E-state index < -0.39 is 28.5 Å². The molecule has 0 aliphatic carbocycles. The van der Waals surface area contributed by atoms with Crippen LogP contribution in [0.2, 0.25) is 10.0 Å². The summed E-state index contributed by atoms with van der Waals surface area (Å²) in [5.74, 6) is -2.57. The highest BCUT2D eigenvalue weighted by Crippen LogP contribution is 2.30. The van der Waals surface area contributed by atoms with Crippen molar-refractivity contribution in [1.82, 2.24) is 0 Å². The number of carboxylic acid groups (broad SMARTS) is 1. The third-order valence-electron chi connectivity index (χ3n) is 1.59. The zero-order valence-electron chi connectivity index (χ0n) is 6.67. The number of aliphatic hydroxyl groups excluding tert-OH is 1. The van der Waals surface area contributed by atoms with Gasteiger partial charge in [-0.1, -0.05) is 29.3 Å². The number of halogens is 3. The van der Waals surface area contributed by atoms with Crippen molar-refractivity contribution in [3.8, 4) is 0 Å². The highest BCUT2D eigenvalue weighted by molar-refractivity contribution is 6.42. The van der Waals surface area contributed by atoms with Gasteiger partial charge in [0.15, 0.2) is 6.10 Å². The standard InChI is InChI=1S/C8H5Cl2FO3/c9-4-2-1-3(6(11)5(4)10)7(12)8(13)14/h1-2,7,12H,(H,13,14). The Hall–Kier alpha value is -0.840. The van der Waals surface area contributed by atoms with Gasteiger partial charge in [0, 0.05) is 5.56 Å². The first-order valence-electron chi connectivity index (χ1n) is 3.49. The van der Waals surface area contributed by atoms with E-state index in [9.17, 15) is 9.18 Å². The summed E-state index contributed by atoms with van der Waals surface area (Å²) < 4.78 is 13.2. The van der Waals surface area contributed by atoms with Gasteiger partial charge in [0.2, 0.25) is 0 Å². The smallest absolute Gasteiger partial charge is 0.337 e. The van der Waals surface area contributed by atoms with E-state index in [1.54, 1.807) is 0 Å². The summed E-state index contributed by atoms with van der Waals surface area (Å²) in [6.45, 7) is 0. The zero-order chi connectivity index (χ0) is 10.9. The predicted molar refractivity (Wildman–Crippen MR) is 49.0 cm³/mol. The van der Waals surface area contributed by atoms with Gasteiger partial charge in [-0.2, -0.15) is 0 Å². The monoisotopic (exact) mass is 238 g/mol. The molecule has 3 nitrogen and oxygen atoms in total. The topological polar surface area (TPSA) is 57.5 Å². The number of aliphatic hydroxyl groups is 1. The second-order valence-corrected chi connectivity index (χ2v) is 3.29. The molecule has 6 heteroatoms. The molecule has 0 saturated carbocycles. The molecule has 0 radical (unpaired) electrons. The van der Waals surface area contributed by atoms with Gasteiger partial charge in [-0.15, -0.1) is 0 Å². The van der Waals surface area contributed by atoms with Crippen LogP contribution in [0.3, 0.4) is 0 Å². The summed E-state index contributed by atoms with van der Waals surface area (Å²) in [6.07, 6.45) is -1.94. The van der Waals surface area contributed by atoms with Gasteiger partial charge < -0.3 is 10.2 Å². The lowest BCUT2D eigenvalue weighted by Gasteiger charge is -2.08. The number of carbonyl (C=O) groups is 1. The molecule has 1 rings (SSSR count). The Kier molecular flexibility index (Phi) is 3.31. The van der Waals surface area contributed by atoms with Gasteiger partial charge in [0.05, 0.1) is 10.0 Å². The highest BCUT2D eigenvalue weighted by atomic mass is 35.5. The molecular formula is C8H5Cl2FO3. The van der Waals surface area contributed by atoms with E-state index in [1.165, 1.54) is 6.07 Å². The Bertz CT molecular complexity index is 381. The molecular weight excluding hydrogens is 234 g/mol. The average Bonchev–Trinajstić information content (AvgIpc) is 2.13.